The average Bonchev–Trinajstić information content (AvgIpc) is 3.36. The van der Waals surface area contributed by atoms with Gasteiger partial charge in [0.15, 0.2) is 11.5 Å². The lowest BCUT2D eigenvalue weighted by molar-refractivity contribution is -0.129. The van der Waals surface area contributed by atoms with Crippen molar-refractivity contribution in [1.29, 1.82) is 0 Å². The first kappa shape index (κ1) is 24.0. The highest BCUT2D eigenvalue weighted by Gasteiger charge is 2.44. The minimum atomic E-state index is -0.705. The van der Waals surface area contributed by atoms with E-state index in [-0.39, 0.29) is 17.4 Å². The summed E-state index contributed by atoms with van der Waals surface area (Å²) in [7, 11) is 0. The number of aliphatic hydroxyl groups is 1. The first-order chi connectivity index (χ1) is 16.3. The van der Waals surface area contributed by atoms with Crippen LogP contribution in [0.4, 0.5) is 0 Å². The van der Waals surface area contributed by atoms with Gasteiger partial charge >= 0.3 is 0 Å². The number of aryl methyl sites for hydroxylation is 1. The van der Waals surface area contributed by atoms with Gasteiger partial charge in [-0.15, -0.1) is 0 Å². The number of nitrogens with zero attached hydrogens (tertiary/aromatic N) is 2. The predicted molar refractivity (Wildman–Crippen MR) is 126 cm³/mol. The summed E-state index contributed by atoms with van der Waals surface area (Å²) in [5.41, 5.74) is 0.773. The van der Waals surface area contributed by atoms with Crippen molar-refractivity contribution in [1.82, 2.24) is 9.80 Å². The third-order valence-electron chi connectivity index (χ3n) is 6.06. The molecule has 1 fully saturated rings. The summed E-state index contributed by atoms with van der Waals surface area (Å²) >= 11 is 0. The molecule has 182 valence electrons. The smallest absolute Gasteiger partial charge is 0.290 e. The third kappa shape index (κ3) is 5.18. The summed E-state index contributed by atoms with van der Waals surface area (Å²) < 4.78 is 16.7. The first-order valence-corrected chi connectivity index (χ1v) is 11.8. The Bertz CT molecular complexity index is 1050. The van der Waals surface area contributed by atoms with Crippen LogP contribution in [0.3, 0.4) is 0 Å². The maximum Gasteiger partial charge on any atom is 0.290 e. The summed E-state index contributed by atoms with van der Waals surface area (Å²) in [5.74, 6) is -0.153. The lowest BCUT2D eigenvalue weighted by atomic mass is 9.95. The SMILES string of the molecule is Cc1ccc(C(=O)C2=C(O)C(=O)N(CCCN3CCOCC3)[C@H]2c2ccc(OC(C)C)cc2)o1. The average molecular weight is 469 g/mol. The molecule has 1 saturated heterocycles. The molecule has 2 aliphatic heterocycles. The molecule has 1 aromatic heterocycles. The number of hydrogen-bond acceptors (Lipinski definition) is 7. The van der Waals surface area contributed by atoms with E-state index in [9.17, 15) is 14.7 Å². The third-order valence-corrected chi connectivity index (χ3v) is 6.06. The van der Waals surface area contributed by atoms with Crippen LogP contribution < -0.4 is 4.74 Å². The second kappa shape index (κ2) is 10.4. The molecule has 1 N–H and O–H groups in total. The lowest BCUT2D eigenvalue weighted by Crippen LogP contribution is -2.39. The largest absolute Gasteiger partial charge is 0.503 e. The van der Waals surface area contributed by atoms with E-state index in [2.05, 4.69) is 4.90 Å². The van der Waals surface area contributed by atoms with Crippen LogP contribution in [0.15, 0.2) is 52.1 Å². The highest BCUT2D eigenvalue weighted by Crippen LogP contribution is 2.39. The van der Waals surface area contributed by atoms with E-state index in [1.807, 2.05) is 38.1 Å². The molecule has 34 heavy (non-hydrogen) atoms. The second-order valence-electron chi connectivity index (χ2n) is 8.95. The van der Waals surface area contributed by atoms with Crippen LogP contribution in [-0.2, 0) is 9.53 Å². The predicted octanol–water partition coefficient (Wildman–Crippen LogP) is 3.68. The Kier molecular flexibility index (Phi) is 7.38. The molecule has 0 aliphatic carbocycles. The van der Waals surface area contributed by atoms with Crippen molar-refractivity contribution in [2.45, 2.75) is 39.3 Å². The van der Waals surface area contributed by atoms with Crippen LogP contribution in [-0.4, -0.2) is 72.1 Å². The molecule has 3 heterocycles. The van der Waals surface area contributed by atoms with Gasteiger partial charge in [0.25, 0.3) is 5.91 Å². The Hall–Kier alpha value is -3.10. The van der Waals surface area contributed by atoms with E-state index in [0.717, 1.165) is 25.2 Å². The zero-order chi connectivity index (χ0) is 24.2. The molecule has 1 aromatic carbocycles. The second-order valence-corrected chi connectivity index (χ2v) is 8.95. The summed E-state index contributed by atoms with van der Waals surface area (Å²) in [6, 6.07) is 9.87. The van der Waals surface area contributed by atoms with Gasteiger partial charge in [-0.05, 0) is 57.0 Å². The molecule has 8 heteroatoms. The molecule has 2 aliphatic rings. The number of ether oxygens (including phenoxy) is 2. The molecular weight excluding hydrogens is 436 g/mol. The molecule has 2 aromatic rings. The van der Waals surface area contributed by atoms with Crippen molar-refractivity contribution in [3.63, 3.8) is 0 Å². The molecule has 0 spiro atoms. The van der Waals surface area contributed by atoms with Crippen molar-refractivity contribution in [3.05, 3.63) is 64.8 Å². The normalized spacial score (nSPS) is 19.4. The van der Waals surface area contributed by atoms with Gasteiger partial charge in [0, 0.05) is 26.2 Å². The highest BCUT2D eigenvalue weighted by atomic mass is 16.5. The maximum atomic E-state index is 13.3. The fourth-order valence-electron chi connectivity index (χ4n) is 4.44. The number of carbonyl (C=O) groups is 2. The van der Waals surface area contributed by atoms with E-state index in [1.54, 1.807) is 24.0 Å². The van der Waals surface area contributed by atoms with Gasteiger partial charge in [0.1, 0.15) is 11.5 Å². The summed E-state index contributed by atoms with van der Waals surface area (Å²) in [5, 5.41) is 10.8. The zero-order valence-corrected chi connectivity index (χ0v) is 20.0. The number of benzene rings is 1. The van der Waals surface area contributed by atoms with E-state index >= 15 is 0 Å². The number of ketones is 1. The van der Waals surface area contributed by atoms with Crippen molar-refractivity contribution in [2.75, 3.05) is 39.4 Å². The molecule has 1 atom stereocenters. The molecular formula is C26H32N2O6. The number of amides is 1. The number of hydrogen-bond donors (Lipinski definition) is 1. The van der Waals surface area contributed by atoms with Crippen LogP contribution in [0, 0.1) is 6.92 Å². The molecule has 0 radical (unpaired) electrons. The Balaban J connectivity index is 1.60. The van der Waals surface area contributed by atoms with E-state index in [0.29, 0.717) is 37.7 Å². The first-order valence-electron chi connectivity index (χ1n) is 11.8. The van der Waals surface area contributed by atoms with Gasteiger partial charge < -0.3 is 23.9 Å². The topological polar surface area (TPSA) is 92.5 Å². The Morgan fingerprint density at radius 2 is 1.82 bits per heavy atom. The van der Waals surface area contributed by atoms with E-state index in [1.165, 1.54) is 0 Å². The molecule has 0 bridgehead atoms. The minimum Gasteiger partial charge on any atom is -0.503 e. The lowest BCUT2D eigenvalue weighted by Gasteiger charge is -2.30. The number of rotatable bonds is 9. The van der Waals surface area contributed by atoms with Crippen LogP contribution in [0.2, 0.25) is 0 Å². The monoisotopic (exact) mass is 468 g/mol. The zero-order valence-electron chi connectivity index (χ0n) is 20.0. The fraction of sp³-hybridized carbons (Fsp3) is 0.462. The summed E-state index contributed by atoms with van der Waals surface area (Å²) in [6.45, 7) is 9.99. The van der Waals surface area contributed by atoms with Gasteiger partial charge in [-0.3, -0.25) is 14.5 Å². The summed E-state index contributed by atoms with van der Waals surface area (Å²) in [6.07, 6.45) is 0.740. The van der Waals surface area contributed by atoms with Crippen LogP contribution in [0.5, 0.6) is 5.75 Å². The van der Waals surface area contributed by atoms with E-state index < -0.39 is 23.5 Å². The van der Waals surface area contributed by atoms with Gasteiger partial charge in [0.2, 0.25) is 5.78 Å². The quantitative estimate of drug-likeness (QED) is 0.561. The molecule has 0 saturated carbocycles. The van der Waals surface area contributed by atoms with E-state index in [4.69, 9.17) is 13.9 Å². The highest BCUT2D eigenvalue weighted by molar-refractivity contribution is 6.15. The number of furan rings is 1. The number of morpholine rings is 1. The maximum absolute atomic E-state index is 13.3. The van der Waals surface area contributed by atoms with Crippen molar-refractivity contribution in [3.8, 4) is 5.75 Å². The molecule has 1 amide bonds. The molecule has 4 rings (SSSR count). The van der Waals surface area contributed by atoms with Crippen LogP contribution in [0.1, 0.15) is 48.2 Å². The Morgan fingerprint density at radius 3 is 2.44 bits per heavy atom. The minimum absolute atomic E-state index is 0.0267. The number of carbonyl (C=O) groups excluding carboxylic acids is 2. The van der Waals surface area contributed by atoms with Crippen LogP contribution in [0.25, 0.3) is 0 Å². The van der Waals surface area contributed by atoms with Crippen molar-refractivity contribution in [2.24, 2.45) is 0 Å². The summed E-state index contributed by atoms with van der Waals surface area (Å²) in [4.78, 5) is 30.3. The van der Waals surface area contributed by atoms with Gasteiger partial charge in [-0.1, -0.05) is 12.1 Å². The number of Topliss-reactive ketones (excluding diaryl/α,β-unsaturated/α-hetero) is 1. The van der Waals surface area contributed by atoms with Gasteiger partial charge in [-0.25, -0.2) is 0 Å². The Morgan fingerprint density at radius 1 is 1.12 bits per heavy atom. The van der Waals surface area contributed by atoms with Crippen molar-refractivity contribution >= 4 is 11.7 Å². The standard InChI is InChI=1S/C26H32N2O6/c1-17(2)33-20-8-6-19(7-9-20)23-22(24(29)21-10-5-18(3)34-21)25(30)26(31)28(23)12-4-11-27-13-15-32-16-14-27/h5-10,17,23,30H,4,11-16H2,1-3H3/t23-/m0/s1. The van der Waals surface area contributed by atoms with Crippen LogP contribution >= 0.6 is 0 Å². The van der Waals surface area contributed by atoms with Gasteiger partial charge in [0.05, 0.1) is 30.9 Å². The van der Waals surface area contributed by atoms with Crippen molar-refractivity contribution < 1.29 is 28.6 Å². The fourth-order valence-corrected chi connectivity index (χ4v) is 4.44. The molecule has 8 nitrogen and oxygen atoms in total. The number of aliphatic hydroxyl groups excluding tert-OH is 1. The van der Waals surface area contributed by atoms with Gasteiger partial charge in [-0.2, -0.15) is 0 Å². The molecule has 0 unspecified atom stereocenters. The Labute approximate surface area is 199 Å².